The molecule has 600 valence electrons. The summed E-state index contributed by atoms with van der Waals surface area (Å²) >= 11 is 0. The molecule has 19 heteroatoms. The molecule has 0 spiro atoms. The Kier molecular flexibility index (Phi) is 73.7. The van der Waals surface area contributed by atoms with Crippen molar-refractivity contribution in [2.75, 3.05) is 39.6 Å². The number of hydrogen-bond donors (Lipinski definition) is 3. The first-order valence-electron chi connectivity index (χ1n) is 41.1. The van der Waals surface area contributed by atoms with Gasteiger partial charge in [0, 0.05) is 25.7 Å². The topological polar surface area (TPSA) is 237 Å². The van der Waals surface area contributed by atoms with Gasteiger partial charge in [-0.15, -0.1) is 0 Å². The number of phosphoric ester groups is 2. The standard InChI is InChI=1S/C85H148O17P2/c1-5-9-13-17-21-25-29-33-36-38-39-41-44-47-50-54-58-62-66-70-83(88)96-76-81(102-85(90)72-68-64-60-56-52-48-42-35-31-27-23-19-15-11-7-3)78-100-104(93,94)98-74-79(86)73-97-103(91,92)99-77-80(101-84(89)71-67-63-59-55-51-45-32-28-24-20-16-12-8-4)75-95-82(87)69-65-61-57-53-49-46-43-40-37-34-30-26-22-18-14-10-6-2/h9-10,13-14,21-22,25-26,33-34,36-37,39,41,47,50,58,62,79-81,86H,5-8,11-12,15-20,23-24,27-32,35,38,40,42-46,48-49,51-57,59-61,63-78H2,1-4H3,(H,91,92)(H,93,94)/b13-9-,14-10-,25-21-,26-22-,36-33-,37-34-,41-39-,50-47-,62-58-. The highest BCUT2D eigenvalue weighted by molar-refractivity contribution is 7.47. The fourth-order valence-electron chi connectivity index (χ4n) is 11.1. The zero-order valence-electron chi connectivity index (χ0n) is 65.7. The number of phosphoric acid groups is 2. The predicted octanol–water partition coefficient (Wildman–Crippen LogP) is 24.1. The van der Waals surface area contributed by atoms with E-state index in [-0.39, 0.29) is 25.7 Å². The van der Waals surface area contributed by atoms with Crippen molar-refractivity contribution in [2.45, 2.75) is 367 Å². The van der Waals surface area contributed by atoms with Crippen LogP contribution in [0.1, 0.15) is 349 Å². The van der Waals surface area contributed by atoms with Crippen molar-refractivity contribution in [2.24, 2.45) is 0 Å². The van der Waals surface area contributed by atoms with Crippen molar-refractivity contribution < 1.29 is 80.2 Å². The minimum absolute atomic E-state index is 0.0378. The third-order valence-electron chi connectivity index (χ3n) is 17.3. The number of ether oxygens (including phenoxy) is 4. The van der Waals surface area contributed by atoms with Gasteiger partial charge in [0.15, 0.2) is 12.2 Å². The number of allylic oxidation sites excluding steroid dienone is 18. The summed E-state index contributed by atoms with van der Waals surface area (Å²) < 4.78 is 68.6. The number of carbonyl (C=O) groups is 4. The van der Waals surface area contributed by atoms with Crippen molar-refractivity contribution in [3.05, 3.63) is 109 Å². The van der Waals surface area contributed by atoms with Gasteiger partial charge in [0.05, 0.1) is 26.4 Å². The smallest absolute Gasteiger partial charge is 0.462 e. The molecule has 0 saturated heterocycles. The van der Waals surface area contributed by atoms with E-state index in [2.05, 4.69) is 125 Å². The average molecular weight is 1500 g/mol. The summed E-state index contributed by atoms with van der Waals surface area (Å²) in [6.07, 6.45) is 83.6. The Morgan fingerprint density at radius 1 is 0.279 bits per heavy atom. The van der Waals surface area contributed by atoms with Gasteiger partial charge in [-0.05, 0) is 96.3 Å². The molecule has 0 fully saturated rings. The van der Waals surface area contributed by atoms with Crippen molar-refractivity contribution in [1.82, 2.24) is 0 Å². The van der Waals surface area contributed by atoms with E-state index in [0.717, 1.165) is 148 Å². The van der Waals surface area contributed by atoms with Gasteiger partial charge in [-0.3, -0.25) is 37.3 Å². The van der Waals surface area contributed by atoms with Gasteiger partial charge >= 0.3 is 39.5 Å². The van der Waals surface area contributed by atoms with Gasteiger partial charge in [-0.25, -0.2) is 9.13 Å². The lowest BCUT2D eigenvalue weighted by Gasteiger charge is -2.21. The Hall–Kier alpha value is -4.28. The summed E-state index contributed by atoms with van der Waals surface area (Å²) in [5.74, 6) is -2.26. The van der Waals surface area contributed by atoms with E-state index in [0.29, 0.717) is 32.1 Å². The molecule has 5 atom stereocenters. The molecule has 0 bridgehead atoms. The van der Waals surface area contributed by atoms with E-state index in [9.17, 15) is 43.2 Å². The molecule has 104 heavy (non-hydrogen) atoms. The lowest BCUT2D eigenvalue weighted by molar-refractivity contribution is -0.161. The molecule has 0 aliphatic rings. The van der Waals surface area contributed by atoms with E-state index < -0.39 is 97.5 Å². The molecule has 0 aromatic heterocycles. The maximum Gasteiger partial charge on any atom is 0.472 e. The molecule has 0 heterocycles. The van der Waals surface area contributed by atoms with Gasteiger partial charge in [0.1, 0.15) is 19.3 Å². The lowest BCUT2D eigenvalue weighted by atomic mass is 10.0. The highest BCUT2D eigenvalue weighted by Crippen LogP contribution is 2.45. The monoisotopic (exact) mass is 1500 g/mol. The van der Waals surface area contributed by atoms with Crippen LogP contribution in [0.25, 0.3) is 0 Å². The van der Waals surface area contributed by atoms with Crippen LogP contribution in [0.15, 0.2) is 109 Å². The molecular formula is C85H148O17P2. The van der Waals surface area contributed by atoms with E-state index in [1.54, 1.807) is 0 Å². The first-order chi connectivity index (χ1) is 50.7. The zero-order valence-corrected chi connectivity index (χ0v) is 67.5. The molecule has 0 radical (unpaired) electrons. The molecular weight excluding hydrogens is 1350 g/mol. The van der Waals surface area contributed by atoms with E-state index in [1.165, 1.54) is 116 Å². The number of rotatable bonds is 77. The van der Waals surface area contributed by atoms with E-state index >= 15 is 0 Å². The van der Waals surface area contributed by atoms with Crippen molar-refractivity contribution in [3.63, 3.8) is 0 Å². The SMILES string of the molecule is CC/C=C\C/C=C\C/C=C\C/C=C\C/C=C\C/C=C\CCC(=O)OCC(COP(=O)(O)OCC(O)COP(=O)(O)OCC(COC(=O)CCCCCCCCC/C=C\C/C=C\C/C=C\CC)OC(=O)CCCCCCCCCCCCCCC)OC(=O)CCCCCCCCCCCCCCCCC. The summed E-state index contributed by atoms with van der Waals surface area (Å²) in [6.45, 7) is 4.61. The molecule has 0 rings (SSSR count). The van der Waals surface area contributed by atoms with E-state index in [1.807, 2.05) is 12.2 Å². The highest BCUT2D eigenvalue weighted by atomic mass is 31.2. The minimum atomic E-state index is -4.99. The molecule has 0 aromatic carbocycles. The van der Waals surface area contributed by atoms with Gasteiger partial charge in [-0.2, -0.15) is 0 Å². The largest absolute Gasteiger partial charge is 0.472 e. The van der Waals surface area contributed by atoms with Crippen molar-refractivity contribution >= 4 is 39.5 Å². The summed E-state index contributed by atoms with van der Waals surface area (Å²) in [5.41, 5.74) is 0. The summed E-state index contributed by atoms with van der Waals surface area (Å²) in [7, 11) is -9.97. The molecule has 5 unspecified atom stereocenters. The van der Waals surface area contributed by atoms with E-state index in [4.69, 9.17) is 37.0 Å². The second-order valence-corrected chi connectivity index (χ2v) is 30.2. The maximum atomic E-state index is 13.1. The number of aliphatic hydroxyl groups excluding tert-OH is 1. The molecule has 17 nitrogen and oxygen atoms in total. The molecule has 0 aliphatic heterocycles. The number of unbranched alkanes of at least 4 members (excludes halogenated alkanes) is 33. The van der Waals surface area contributed by atoms with Gasteiger partial charge in [0.25, 0.3) is 0 Å². The second kappa shape index (κ2) is 76.9. The molecule has 0 amide bonds. The summed E-state index contributed by atoms with van der Waals surface area (Å²) in [6, 6.07) is 0. The number of carbonyl (C=O) groups excluding carboxylic acids is 4. The Labute approximate surface area is 632 Å². The predicted molar refractivity (Wildman–Crippen MR) is 427 cm³/mol. The number of aliphatic hydroxyl groups is 1. The second-order valence-electron chi connectivity index (χ2n) is 27.3. The Bertz CT molecular complexity index is 2390. The fraction of sp³-hybridized carbons (Fsp3) is 0.741. The summed E-state index contributed by atoms with van der Waals surface area (Å²) in [5, 5.41) is 10.6. The average Bonchev–Trinajstić information content (AvgIpc) is 0.911. The van der Waals surface area contributed by atoms with Crippen molar-refractivity contribution in [1.29, 1.82) is 0 Å². The number of hydrogen-bond acceptors (Lipinski definition) is 15. The third kappa shape index (κ3) is 75.9. The van der Waals surface area contributed by atoms with Crippen LogP contribution in [0.3, 0.4) is 0 Å². The quantitative estimate of drug-likeness (QED) is 0.0169. The van der Waals surface area contributed by atoms with Crippen LogP contribution in [0.4, 0.5) is 0 Å². The van der Waals surface area contributed by atoms with Crippen LogP contribution in [-0.2, 0) is 65.4 Å². The molecule has 0 aromatic rings. The molecule has 3 N–H and O–H groups in total. The van der Waals surface area contributed by atoms with Gasteiger partial charge in [0.2, 0.25) is 0 Å². The third-order valence-corrected chi connectivity index (χ3v) is 19.2. The van der Waals surface area contributed by atoms with Crippen LogP contribution in [0.2, 0.25) is 0 Å². The Morgan fingerprint density at radius 2 is 0.519 bits per heavy atom. The zero-order chi connectivity index (χ0) is 76.0. The fourth-order valence-corrected chi connectivity index (χ4v) is 12.7. The van der Waals surface area contributed by atoms with Crippen LogP contribution < -0.4 is 0 Å². The van der Waals surface area contributed by atoms with Crippen LogP contribution >= 0.6 is 15.6 Å². The minimum Gasteiger partial charge on any atom is -0.462 e. The Balaban J connectivity index is 5.39. The van der Waals surface area contributed by atoms with Crippen molar-refractivity contribution in [3.8, 4) is 0 Å². The highest BCUT2D eigenvalue weighted by Gasteiger charge is 2.30. The maximum absolute atomic E-state index is 13.1. The summed E-state index contributed by atoms with van der Waals surface area (Å²) in [4.78, 5) is 73.1. The van der Waals surface area contributed by atoms with Gasteiger partial charge < -0.3 is 33.8 Å². The van der Waals surface area contributed by atoms with Gasteiger partial charge in [-0.1, -0.05) is 336 Å². The lowest BCUT2D eigenvalue weighted by Crippen LogP contribution is -2.30. The van der Waals surface area contributed by atoms with Crippen LogP contribution in [-0.4, -0.2) is 96.7 Å². The van der Waals surface area contributed by atoms with Crippen LogP contribution in [0, 0.1) is 0 Å². The Morgan fingerprint density at radius 3 is 0.827 bits per heavy atom. The normalized spacial score (nSPS) is 14.4. The first kappa shape index (κ1) is 99.7. The van der Waals surface area contributed by atoms with Crippen LogP contribution in [0.5, 0.6) is 0 Å². The molecule has 0 aliphatic carbocycles. The first-order valence-corrected chi connectivity index (χ1v) is 44.1. The number of esters is 4. The molecule has 0 saturated carbocycles.